The van der Waals surface area contributed by atoms with Crippen molar-refractivity contribution in [2.24, 2.45) is 0 Å². The van der Waals surface area contributed by atoms with Crippen LogP contribution in [0.5, 0.6) is 0 Å². The maximum absolute atomic E-state index is 15.6. The van der Waals surface area contributed by atoms with E-state index in [1.165, 1.54) is 31.2 Å². The van der Waals surface area contributed by atoms with Crippen molar-refractivity contribution in [1.29, 1.82) is 0 Å². The minimum atomic E-state index is -4.03. The highest BCUT2D eigenvalue weighted by Crippen LogP contribution is 2.38. The molecule has 0 saturated carbocycles. The van der Waals surface area contributed by atoms with Crippen LogP contribution in [0.3, 0.4) is 0 Å². The summed E-state index contributed by atoms with van der Waals surface area (Å²) >= 11 is 0. The number of nitrogens with zero attached hydrogens (tertiary/aromatic N) is 2. The lowest BCUT2D eigenvalue weighted by molar-refractivity contribution is -0.147. The van der Waals surface area contributed by atoms with Crippen LogP contribution in [-0.4, -0.2) is 73.1 Å². The Morgan fingerprint density at radius 1 is 1.11 bits per heavy atom. The van der Waals surface area contributed by atoms with Crippen molar-refractivity contribution >= 4 is 10.0 Å². The molecule has 1 unspecified atom stereocenters. The molecule has 3 atom stereocenters. The molecular formula is C24H29F4N3O3S. The smallest absolute Gasteiger partial charge is 0.278 e. The van der Waals surface area contributed by atoms with Gasteiger partial charge in [-0.15, -0.1) is 0 Å². The first-order valence-corrected chi connectivity index (χ1v) is 13.2. The van der Waals surface area contributed by atoms with E-state index >= 15 is 13.2 Å². The monoisotopic (exact) mass is 515 g/mol. The van der Waals surface area contributed by atoms with Gasteiger partial charge in [0, 0.05) is 30.3 Å². The number of sulfonamides is 1. The summed E-state index contributed by atoms with van der Waals surface area (Å²) in [6.45, 7) is 3.02. The fourth-order valence-corrected chi connectivity index (χ4v) is 5.55. The summed E-state index contributed by atoms with van der Waals surface area (Å²) in [6, 6.07) is 5.79. The predicted molar refractivity (Wildman–Crippen MR) is 124 cm³/mol. The number of nitrogens with one attached hydrogen (secondary N) is 1. The predicted octanol–water partition coefficient (Wildman–Crippen LogP) is 3.09. The molecule has 2 aromatic rings. The molecule has 2 aliphatic rings. The molecule has 0 aliphatic carbocycles. The Balaban J connectivity index is 1.73. The zero-order chi connectivity index (χ0) is 25.5. The standard InChI is InChI=1S/C24H29F4N3O3S/c1-3-35(33,34)29-22-19(31(14-24(22,27)28)23(32)30-11-6-12-30)13-16-8-5-10-18(21(16)26)17-9-4-7-15(2)20(17)25/h4-5,7-10,19,22-23,29,32H,3,6,11-14H2,1-2H3/t19-,22+,23?/m0/s1. The zero-order valence-corrected chi connectivity index (χ0v) is 20.3. The number of aliphatic hydroxyl groups excluding tert-OH is 1. The summed E-state index contributed by atoms with van der Waals surface area (Å²) in [5.74, 6) is -5.27. The van der Waals surface area contributed by atoms with Gasteiger partial charge >= 0.3 is 0 Å². The van der Waals surface area contributed by atoms with Gasteiger partial charge in [0.1, 0.15) is 17.7 Å². The molecule has 11 heteroatoms. The average Bonchev–Trinajstić information content (AvgIpc) is 3.00. The third kappa shape index (κ3) is 5.10. The van der Waals surface area contributed by atoms with E-state index in [0.29, 0.717) is 18.7 Å². The van der Waals surface area contributed by atoms with E-state index in [9.17, 15) is 17.9 Å². The largest absolute Gasteiger partial charge is 0.365 e. The fraction of sp³-hybridized carbons (Fsp3) is 0.500. The summed E-state index contributed by atoms with van der Waals surface area (Å²) in [5, 5.41) is 10.8. The number of halogens is 4. The Morgan fingerprint density at radius 3 is 2.34 bits per heavy atom. The molecule has 0 aromatic heterocycles. The molecule has 4 rings (SSSR count). The van der Waals surface area contributed by atoms with Crippen LogP contribution in [0.25, 0.3) is 11.1 Å². The minimum Gasteiger partial charge on any atom is -0.365 e. The van der Waals surface area contributed by atoms with Crippen molar-refractivity contribution in [2.45, 2.75) is 51.0 Å². The van der Waals surface area contributed by atoms with Crippen LogP contribution in [0, 0.1) is 18.6 Å². The maximum Gasteiger partial charge on any atom is 0.278 e. The van der Waals surface area contributed by atoms with Gasteiger partial charge in [-0.3, -0.25) is 9.80 Å². The molecule has 2 aliphatic heterocycles. The molecule has 35 heavy (non-hydrogen) atoms. The lowest BCUT2D eigenvalue weighted by Crippen LogP contribution is -2.58. The number of rotatable bonds is 8. The molecule has 2 aromatic carbocycles. The molecule has 0 radical (unpaired) electrons. The number of hydrogen-bond donors (Lipinski definition) is 2. The van der Waals surface area contributed by atoms with Crippen LogP contribution in [0.2, 0.25) is 0 Å². The third-order valence-corrected chi connectivity index (χ3v) is 8.22. The Labute approximate surface area is 202 Å². The van der Waals surface area contributed by atoms with E-state index in [-0.39, 0.29) is 23.1 Å². The van der Waals surface area contributed by atoms with Gasteiger partial charge < -0.3 is 5.11 Å². The molecule has 0 spiro atoms. The highest BCUT2D eigenvalue weighted by Gasteiger charge is 2.57. The van der Waals surface area contributed by atoms with Gasteiger partial charge in [0.2, 0.25) is 10.0 Å². The second kappa shape index (κ2) is 9.78. The van der Waals surface area contributed by atoms with Crippen LogP contribution in [0.15, 0.2) is 36.4 Å². The summed E-state index contributed by atoms with van der Waals surface area (Å²) in [5.41, 5.74) is 0.379. The van der Waals surface area contributed by atoms with Crippen molar-refractivity contribution in [3.63, 3.8) is 0 Å². The van der Waals surface area contributed by atoms with E-state index in [2.05, 4.69) is 4.72 Å². The van der Waals surface area contributed by atoms with E-state index in [1.54, 1.807) is 24.0 Å². The minimum absolute atomic E-state index is 0.0195. The van der Waals surface area contributed by atoms with Crippen LogP contribution >= 0.6 is 0 Å². The quantitative estimate of drug-likeness (QED) is 0.529. The molecule has 2 fully saturated rings. The number of alkyl halides is 2. The number of aliphatic hydroxyl groups is 1. The molecule has 192 valence electrons. The highest BCUT2D eigenvalue weighted by molar-refractivity contribution is 7.89. The van der Waals surface area contributed by atoms with Crippen LogP contribution in [0.4, 0.5) is 17.6 Å². The van der Waals surface area contributed by atoms with Crippen LogP contribution in [0.1, 0.15) is 24.5 Å². The molecule has 2 N–H and O–H groups in total. The molecule has 0 amide bonds. The topological polar surface area (TPSA) is 72.9 Å². The number of aryl methyl sites for hydroxylation is 1. The lowest BCUT2D eigenvalue weighted by Gasteiger charge is -2.42. The van der Waals surface area contributed by atoms with Crippen molar-refractivity contribution in [1.82, 2.24) is 14.5 Å². The Kier molecular flexibility index (Phi) is 7.27. The fourth-order valence-electron chi connectivity index (χ4n) is 4.67. The van der Waals surface area contributed by atoms with Gasteiger partial charge in [0.15, 0.2) is 6.35 Å². The molecule has 2 heterocycles. The van der Waals surface area contributed by atoms with Crippen molar-refractivity contribution in [3.8, 4) is 11.1 Å². The van der Waals surface area contributed by atoms with Crippen LogP contribution in [-0.2, 0) is 16.4 Å². The first-order chi connectivity index (χ1) is 16.4. The second-order valence-electron chi connectivity index (χ2n) is 9.15. The second-order valence-corrected chi connectivity index (χ2v) is 11.2. The Hall–Kier alpha value is -2.05. The molecule has 0 bridgehead atoms. The Morgan fingerprint density at radius 2 is 1.74 bits per heavy atom. The first-order valence-electron chi connectivity index (χ1n) is 11.5. The van der Waals surface area contributed by atoms with Gasteiger partial charge in [-0.1, -0.05) is 36.4 Å². The summed E-state index contributed by atoms with van der Waals surface area (Å²) < 4.78 is 87.1. The SMILES string of the molecule is CCS(=O)(=O)N[C@@H]1[C@H](Cc2cccc(-c3cccc(C)c3F)c2F)N(C(O)N2CCC2)CC1(F)F. The third-order valence-electron chi connectivity index (χ3n) is 6.85. The van der Waals surface area contributed by atoms with Crippen molar-refractivity contribution in [2.75, 3.05) is 25.4 Å². The lowest BCUT2D eigenvalue weighted by atomic mass is 9.94. The maximum atomic E-state index is 15.6. The zero-order valence-electron chi connectivity index (χ0n) is 19.5. The highest BCUT2D eigenvalue weighted by atomic mass is 32.2. The summed E-state index contributed by atoms with van der Waals surface area (Å²) in [6.07, 6.45) is -0.877. The van der Waals surface area contributed by atoms with Crippen LogP contribution < -0.4 is 4.72 Å². The van der Waals surface area contributed by atoms with Crippen molar-refractivity contribution in [3.05, 3.63) is 59.2 Å². The van der Waals surface area contributed by atoms with Gasteiger partial charge in [0.25, 0.3) is 5.92 Å². The van der Waals surface area contributed by atoms with E-state index in [1.807, 2.05) is 0 Å². The number of benzene rings is 2. The van der Waals surface area contributed by atoms with Gasteiger partial charge in [-0.25, -0.2) is 30.7 Å². The summed E-state index contributed by atoms with van der Waals surface area (Å²) in [4.78, 5) is 2.72. The number of hydrogen-bond acceptors (Lipinski definition) is 5. The summed E-state index contributed by atoms with van der Waals surface area (Å²) in [7, 11) is -4.03. The van der Waals surface area contributed by atoms with Gasteiger partial charge in [0.05, 0.1) is 12.3 Å². The number of likely N-dealkylation sites (tertiary alicyclic amines) is 2. The molecule has 6 nitrogen and oxygen atoms in total. The van der Waals surface area contributed by atoms with E-state index in [0.717, 1.165) is 11.3 Å². The Bertz CT molecular complexity index is 1190. The molecular weight excluding hydrogens is 486 g/mol. The molecule has 2 saturated heterocycles. The van der Waals surface area contributed by atoms with Crippen molar-refractivity contribution < 1.29 is 31.1 Å². The first kappa shape index (κ1) is 26.0. The van der Waals surface area contributed by atoms with Gasteiger partial charge in [-0.2, -0.15) is 0 Å². The van der Waals surface area contributed by atoms with Gasteiger partial charge in [-0.05, 0) is 37.8 Å². The van der Waals surface area contributed by atoms with E-state index < -0.39 is 58.3 Å². The van der Waals surface area contributed by atoms with E-state index in [4.69, 9.17) is 0 Å². The normalized spacial score (nSPS) is 23.9. The average molecular weight is 516 g/mol.